The average molecular weight is 637 g/mol. The van der Waals surface area contributed by atoms with Gasteiger partial charge in [-0.25, -0.2) is 13.8 Å². The van der Waals surface area contributed by atoms with Crippen LogP contribution in [0.3, 0.4) is 0 Å². The number of nitrogens with two attached hydrogens (primary N) is 1. The largest absolute Gasteiger partial charge is 0.467 e. The molecule has 7 heterocycles. The van der Waals surface area contributed by atoms with Crippen LogP contribution in [-0.2, 0) is 0 Å². The summed E-state index contributed by atoms with van der Waals surface area (Å²) in [6.07, 6.45) is 7.93. The Morgan fingerprint density at radius 1 is 1.02 bits per heavy atom. The standard InChI is InChI=1S/C25H26FN7O2S.C7H12FN/c1-35-25-29-17-9-18(15-7-8-16(26)21-20(15)30-24(27)36-21)33(14-3-2-4-14)23(34)19(17)22(31-25)32-10-12-5-6-13(11-32)28-12;8-6-4-7-2-1-3-9(7)5-6/h7-9,12-14,28H,2-6,10-11H2,1H3,(H2,27,30);6-7H,1-5H2. The number of hydrogen-bond acceptors (Lipinski definition) is 10. The Balaban J connectivity index is 0.000000286. The van der Waals surface area contributed by atoms with E-state index in [2.05, 4.69) is 30.1 Å². The van der Waals surface area contributed by atoms with Gasteiger partial charge in [-0.2, -0.15) is 9.97 Å². The van der Waals surface area contributed by atoms with Crippen molar-refractivity contribution in [3.63, 3.8) is 0 Å². The lowest BCUT2D eigenvalue weighted by atomic mass is 9.91. The molecular weight excluding hydrogens is 598 g/mol. The lowest BCUT2D eigenvalue weighted by molar-refractivity contribution is 0.292. The Morgan fingerprint density at radius 3 is 2.51 bits per heavy atom. The minimum absolute atomic E-state index is 0.0575. The molecule has 0 spiro atoms. The first-order valence-corrected chi connectivity index (χ1v) is 16.9. The van der Waals surface area contributed by atoms with Crippen LogP contribution < -0.4 is 26.2 Å². The van der Waals surface area contributed by atoms with Gasteiger partial charge in [0.2, 0.25) is 0 Å². The van der Waals surface area contributed by atoms with Gasteiger partial charge < -0.3 is 25.3 Å². The third-order valence-corrected chi connectivity index (χ3v) is 11.1. The highest BCUT2D eigenvalue weighted by atomic mass is 32.1. The van der Waals surface area contributed by atoms with E-state index in [0.29, 0.717) is 62.9 Å². The van der Waals surface area contributed by atoms with Gasteiger partial charge in [0.05, 0.1) is 28.5 Å². The van der Waals surface area contributed by atoms with E-state index >= 15 is 0 Å². The number of alkyl halides is 1. The second-order valence-electron chi connectivity index (χ2n) is 13.1. The van der Waals surface area contributed by atoms with E-state index in [4.69, 9.17) is 10.5 Å². The Morgan fingerprint density at radius 2 is 1.80 bits per heavy atom. The number of nitrogens with one attached hydrogen (secondary N) is 1. The third kappa shape index (κ3) is 5.12. The van der Waals surface area contributed by atoms with Crippen molar-refractivity contribution in [3.8, 4) is 17.3 Å². The molecular formula is C32H38F2N8O2S. The molecule has 4 aromatic rings. The topological polar surface area (TPSA) is 114 Å². The number of hydrogen-bond donors (Lipinski definition) is 2. The molecule has 9 rings (SSSR count). The fourth-order valence-electron chi connectivity index (χ4n) is 7.91. The Hall–Kier alpha value is -3.42. The molecule has 1 aliphatic carbocycles. The van der Waals surface area contributed by atoms with Gasteiger partial charge in [-0.05, 0) is 76.1 Å². The molecule has 45 heavy (non-hydrogen) atoms. The fraction of sp³-hybridized carbons (Fsp3) is 0.562. The van der Waals surface area contributed by atoms with Gasteiger partial charge in [-0.1, -0.05) is 11.3 Å². The Bertz CT molecular complexity index is 1800. The third-order valence-electron chi connectivity index (χ3n) is 10.2. The van der Waals surface area contributed by atoms with Gasteiger partial charge in [-0.15, -0.1) is 0 Å². The summed E-state index contributed by atoms with van der Waals surface area (Å²) in [5.41, 5.74) is 8.14. The molecule has 5 fully saturated rings. The molecule has 4 aliphatic heterocycles. The van der Waals surface area contributed by atoms with Crippen molar-refractivity contribution in [2.75, 3.05) is 43.9 Å². The number of ether oxygens (including phenoxy) is 1. The van der Waals surface area contributed by atoms with Gasteiger partial charge in [0.15, 0.2) is 5.13 Å². The summed E-state index contributed by atoms with van der Waals surface area (Å²) in [6, 6.07) is 6.66. The highest BCUT2D eigenvalue weighted by Gasteiger charge is 2.36. The van der Waals surface area contributed by atoms with Crippen LogP contribution in [0.2, 0.25) is 0 Å². The van der Waals surface area contributed by atoms with Crippen molar-refractivity contribution >= 4 is 43.4 Å². The zero-order valence-electron chi connectivity index (χ0n) is 25.3. The molecule has 4 unspecified atom stereocenters. The van der Waals surface area contributed by atoms with Gasteiger partial charge in [0, 0.05) is 49.4 Å². The summed E-state index contributed by atoms with van der Waals surface area (Å²) >= 11 is 1.11. The molecule has 2 bridgehead atoms. The first-order valence-electron chi connectivity index (χ1n) is 16.1. The van der Waals surface area contributed by atoms with Gasteiger partial charge in [0.25, 0.3) is 5.56 Å². The summed E-state index contributed by atoms with van der Waals surface area (Å²) in [5.74, 6) is 0.253. The van der Waals surface area contributed by atoms with Crippen molar-refractivity contribution in [2.45, 2.75) is 81.7 Å². The molecule has 1 aromatic carbocycles. The maximum absolute atomic E-state index is 14.6. The molecule has 0 amide bonds. The molecule has 10 nitrogen and oxygen atoms in total. The van der Waals surface area contributed by atoms with Crippen LogP contribution in [0.5, 0.6) is 6.01 Å². The molecule has 13 heteroatoms. The van der Waals surface area contributed by atoms with E-state index in [-0.39, 0.29) is 28.6 Å². The Kier molecular flexibility index (Phi) is 7.37. The molecule has 5 aliphatic rings. The quantitative estimate of drug-likeness (QED) is 0.330. The van der Waals surface area contributed by atoms with Crippen LogP contribution in [0, 0.1) is 5.82 Å². The molecule has 4 atom stereocenters. The monoisotopic (exact) mass is 636 g/mol. The molecule has 4 saturated heterocycles. The highest BCUT2D eigenvalue weighted by molar-refractivity contribution is 7.22. The lowest BCUT2D eigenvalue weighted by Gasteiger charge is -2.35. The van der Waals surface area contributed by atoms with Crippen molar-refractivity contribution in [1.29, 1.82) is 0 Å². The summed E-state index contributed by atoms with van der Waals surface area (Å²) in [5, 5.41) is 4.43. The summed E-state index contributed by atoms with van der Waals surface area (Å²) in [7, 11) is 1.53. The van der Waals surface area contributed by atoms with Crippen LogP contribution in [-0.4, -0.2) is 82.0 Å². The van der Waals surface area contributed by atoms with Crippen LogP contribution >= 0.6 is 11.3 Å². The molecule has 0 radical (unpaired) electrons. The predicted molar refractivity (Wildman–Crippen MR) is 172 cm³/mol. The number of aromatic nitrogens is 4. The number of nitrogens with zero attached hydrogens (tertiary/aromatic N) is 6. The molecule has 3 N–H and O–H groups in total. The number of halogens is 2. The maximum atomic E-state index is 14.6. The first kappa shape index (κ1) is 29.0. The van der Waals surface area contributed by atoms with E-state index in [1.54, 1.807) is 6.07 Å². The molecule has 1 saturated carbocycles. The van der Waals surface area contributed by atoms with E-state index in [0.717, 1.165) is 69.5 Å². The van der Waals surface area contributed by atoms with Crippen molar-refractivity contribution in [1.82, 2.24) is 29.7 Å². The van der Waals surface area contributed by atoms with E-state index in [1.165, 1.54) is 26.0 Å². The van der Waals surface area contributed by atoms with Crippen LogP contribution in [0.1, 0.15) is 57.4 Å². The highest BCUT2D eigenvalue weighted by Crippen LogP contribution is 2.40. The number of pyridine rings is 1. The first-order chi connectivity index (χ1) is 21.9. The molecule has 238 valence electrons. The van der Waals surface area contributed by atoms with Crippen molar-refractivity contribution in [2.24, 2.45) is 0 Å². The van der Waals surface area contributed by atoms with Crippen molar-refractivity contribution in [3.05, 3.63) is 34.4 Å². The van der Waals surface area contributed by atoms with Gasteiger partial charge >= 0.3 is 6.01 Å². The van der Waals surface area contributed by atoms with E-state index in [1.807, 2.05) is 10.6 Å². The van der Waals surface area contributed by atoms with E-state index in [9.17, 15) is 13.6 Å². The SMILES string of the molecule is COc1nc(N2CC3CCC(C2)N3)c2c(=O)n(C3CCC3)c(-c3ccc(F)c4sc(N)nc34)cc2n1.FC1CC2CCCN2C1. The minimum atomic E-state index is -0.518. The summed E-state index contributed by atoms with van der Waals surface area (Å²) in [6.45, 7) is 3.43. The number of rotatable bonds is 4. The summed E-state index contributed by atoms with van der Waals surface area (Å²) < 4.78 is 34.9. The number of nitrogen functional groups attached to an aromatic ring is 1. The number of anilines is 2. The number of piperazine rings is 1. The zero-order valence-corrected chi connectivity index (χ0v) is 26.2. The average Bonchev–Trinajstić information content (AvgIpc) is 3.77. The number of thiazole rings is 1. The smallest absolute Gasteiger partial charge is 0.318 e. The zero-order chi connectivity index (χ0) is 30.8. The minimum Gasteiger partial charge on any atom is -0.467 e. The van der Waals surface area contributed by atoms with Gasteiger partial charge in [-0.3, -0.25) is 9.69 Å². The fourth-order valence-corrected chi connectivity index (χ4v) is 8.68. The van der Waals surface area contributed by atoms with Gasteiger partial charge in [0.1, 0.15) is 23.2 Å². The Labute approximate surface area is 263 Å². The second kappa shape index (κ2) is 11.4. The van der Waals surface area contributed by atoms with Crippen molar-refractivity contribution < 1.29 is 13.5 Å². The summed E-state index contributed by atoms with van der Waals surface area (Å²) in [4.78, 5) is 32.5. The van der Waals surface area contributed by atoms with E-state index < -0.39 is 6.17 Å². The predicted octanol–water partition coefficient (Wildman–Crippen LogP) is 4.66. The second-order valence-corrected chi connectivity index (χ2v) is 14.1. The maximum Gasteiger partial charge on any atom is 0.318 e. The lowest BCUT2D eigenvalue weighted by Crippen LogP contribution is -2.51. The normalized spacial score (nSPS) is 26.2. The molecule has 3 aromatic heterocycles. The number of methoxy groups -OCH3 is 1. The van der Waals surface area contributed by atoms with Crippen LogP contribution in [0.15, 0.2) is 23.0 Å². The van der Waals surface area contributed by atoms with Crippen LogP contribution in [0.25, 0.3) is 32.4 Å². The number of fused-ring (bicyclic) bond motifs is 5. The van der Waals surface area contributed by atoms with Crippen LogP contribution in [0.4, 0.5) is 19.7 Å². The number of benzene rings is 1.